The molecule has 6 rings (SSSR count). The van der Waals surface area contributed by atoms with Crippen LogP contribution in [0, 0.1) is 31.1 Å². The highest BCUT2D eigenvalue weighted by atomic mass is 79.9. The van der Waals surface area contributed by atoms with Crippen LogP contribution in [-0.2, 0) is 10.3 Å². The molecule has 1 amide bonds. The summed E-state index contributed by atoms with van der Waals surface area (Å²) in [4.78, 5) is 17.8. The molecule has 4 fully saturated rings. The molecule has 0 saturated heterocycles. The number of anilines is 1. The van der Waals surface area contributed by atoms with E-state index in [4.69, 9.17) is 0 Å². The first kappa shape index (κ1) is 17.4. The summed E-state index contributed by atoms with van der Waals surface area (Å²) in [7, 11) is 0. The van der Waals surface area contributed by atoms with Gasteiger partial charge in [0.2, 0.25) is 10.6 Å². The van der Waals surface area contributed by atoms with Crippen molar-refractivity contribution in [1.82, 2.24) is 14.8 Å². The van der Waals surface area contributed by atoms with Crippen molar-refractivity contribution in [1.29, 1.82) is 0 Å². The fourth-order valence-corrected chi connectivity index (χ4v) is 6.69. The Kier molecular flexibility index (Phi) is 3.81. The Bertz CT molecular complexity index is 907. The molecule has 1 aromatic carbocycles. The van der Waals surface area contributed by atoms with Crippen LogP contribution in [0.5, 0.6) is 0 Å². The lowest BCUT2D eigenvalue weighted by Crippen LogP contribution is -2.60. The van der Waals surface area contributed by atoms with Crippen LogP contribution >= 0.6 is 15.9 Å². The van der Waals surface area contributed by atoms with Gasteiger partial charge in [-0.1, -0.05) is 17.7 Å². The van der Waals surface area contributed by atoms with Crippen molar-refractivity contribution in [2.75, 3.05) is 5.32 Å². The summed E-state index contributed by atoms with van der Waals surface area (Å²) in [6.07, 6.45) is 8.24. The molecule has 1 aromatic heterocycles. The first-order valence-electron chi connectivity index (χ1n) is 9.84. The molecule has 4 aliphatic carbocycles. The molecule has 0 spiro atoms. The van der Waals surface area contributed by atoms with E-state index in [1.807, 2.05) is 17.1 Å². The molecule has 4 saturated carbocycles. The van der Waals surface area contributed by atoms with Crippen molar-refractivity contribution in [2.45, 2.75) is 57.9 Å². The summed E-state index contributed by atoms with van der Waals surface area (Å²) in [6, 6.07) is 6.23. The zero-order valence-corrected chi connectivity index (χ0v) is 17.4. The lowest BCUT2D eigenvalue weighted by atomic mass is 9.46. The van der Waals surface area contributed by atoms with E-state index in [0.29, 0.717) is 16.6 Å². The van der Waals surface area contributed by atoms with Crippen LogP contribution in [0.3, 0.4) is 0 Å². The zero-order valence-electron chi connectivity index (χ0n) is 15.8. The summed E-state index contributed by atoms with van der Waals surface area (Å²) >= 11 is 3.39. The third kappa shape index (κ3) is 2.75. The molecule has 0 radical (unpaired) electrons. The van der Waals surface area contributed by atoms with Crippen molar-refractivity contribution in [2.24, 2.45) is 17.3 Å². The van der Waals surface area contributed by atoms with E-state index in [1.54, 1.807) is 0 Å². The highest BCUT2D eigenvalue weighted by molar-refractivity contribution is 9.10. The number of carbonyl (C=O) groups excluding carboxylic acids is 1. The van der Waals surface area contributed by atoms with E-state index < -0.39 is 0 Å². The van der Waals surface area contributed by atoms with Crippen LogP contribution in [0.1, 0.15) is 49.7 Å². The third-order valence-electron chi connectivity index (χ3n) is 7.09. The smallest absolute Gasteiger partial charge is 0.230 e. The summed E-state index contributed by atoms with van der Waals surface area (Å²) in [6.45, 7) is 4.15. The second-order valence-electron chi connectivity index (χ2n) is 9.20. The molecule has 2 atom stereocenters. The van der Waals surface area contributed by atoms with E-state index >= 15 is 0 Å². The molecule has 0 aliphatic heterocycles. The second-order valence-corrected chi connectivity index (χ2v) is 9.91. The number of halogens is 1. The van der Waals surface area contributed by atoms with Crippen molar-refractivity contribution in [3.8, 4) is 0 Å². The molecule has 27 heavy (non-hydrogen) atoms. The zero-order chi connectivity index (χ0) is 18.8. The summed E-state index contributed by atoms with van der Waals surface area (Å²) in [5.74, 6) is 1.42. The molecule has 1 N–H and O–H groups in total. The lowest BCUT2D eigenvalue weighted by Gasteiger charge is -2.60. The summed E-state index contributed by atoms with van der Waals surface area (Å²) in [5, 5.41) is 7.86. The maximum Gasteiger partial charge on any atom is 0.230 e. The van der Waals surface area contributed by atoms with Gasteiger partial charge in [-0.15, -0.1) is 5.10 Å². The monoisotopic (exact) mass is 428 g/mol. The average Bonchev–Trinajstić information content (AvgIpc) is 3.03. The van der Waals surface area contributed by atoms with E-state index in [9.17, 15) is 4.79 Å². The van der Waals surface area contributed by atoms with Crippen LogP contribution in [-0.4, -0.2) is 20.7 Å². The van der Waals surface area contributed by atoms with Crippen LogP contribution in [0.4, 0.5) is 5.69 Å². The van der Waals surface area contributed by atoms with Gasteiger partial charge in [0.05, 0.1) is 11.0 Å². The van der Waals surface area contributed by atoms with Crippen LogP contribution < -0.4 is 5.32 Å². The average molecular weight is 429 g/mol. The van der Waals surface area contributed by atoms with Gasteiger partial charge in [0, 0.05) is 5.69 Å². The SMILES string of the molecule is Cc1ccc(NC(=O)C23C[C@@H]4C[C@@H](C2)CC(n2cnc(Br)n2)(C4)C3)c(C)c1. The highest BCUT2D eigenvalue weighted by Gasteiger charge is 2.61. The number of rotatable bonds is 3. The molecule has 1 heterocycles. The lowest BCUT2D eigenvalue weighted by molar-refractivity contribution is -0.150. The first-order chi connectivity index (χ1) is 12.9. The number of nitrogens with zero attached hydrogens (tertiary/aromatic N) is 3. The first-order valence-corrected chi connectivity index (χ1v) is 10.6. The maximum absolute atomic E-state index is 13.5. The van der Waals surface area contributed by atoms with Crippen molar-refractivity contribution >= 4 is 27.5 Å². The fraction of sp³-hybridized carbons (Fsp3) is 0.571. The number of nitrogens with one attached hydrogen (secondary N) is 1. The number of aryl methyl sites for hydroxylation is 2. The number of hydrogen-bond donors (Lipinski definition) is 1. The number of carbonyl (C=O) groups is 1. The minimum Gasteiger partial charge on any atom is -0.325 e. The maximum atomic E-state index is 13.5. The molecule has 0 unspecified atom stereocenters. The van der Waals surface area contributed by atoms with Gasteiger partial charge >= 0.3 is 0 Å². The van der Waals surface area contributed by atoms with Crippen molar-refractivity contribution < 1.29 is 4.79 Å². The Morgan fingerprint density at radius 1 is 1.22 bits per heavy atom. The minimum absolute atomic E-state index is 0.0528. The Morgan fingerprint density at radius 2 is 1.96 bits per heavy atom. The van der Waals surface area contributed by atoms with Gasteiger partial charge in [0.1, 0.15) is 6.33 Å². The number of amides is 1. The van der Waals surface area contributed by atoms with Gasteiger partial charge in [0.25, 0.3) is 0 Å². The molecule has 2 aromatic rings. The predicted octanol–water partition coefficient (Wildman–Crippen LogP) is 4.59. The molecular formula is C21H25BrN4O. The highest BCUT2D eigenvalue weighted by Crippen LogP contribution is 2.64. The summed E-state index contributed by atoms with van der Waals surface area (Å²) in [5.41, 5.74) is 2.96. The largest absolute Gasteiger partial charge is 0.325 e. The summed E-state index contributed by atoms with van der Waals surface area (Å²) < 4.78 is 2.68. The third-order valence-corrected chi connectivity index (χ3v) is 7.46. The molecule has 6 heteroatoms. The minimum atomic E-state index is -0.278. The molecular weight excluding hydrogens is 404 g/mol. The topological polar surface area (TPSA) is 59.8 Å². The van der Waals surface area contributed by atoms with Crippen molar-refractivity contribution in [3.63, 3.8) is 0 Å². The predicted molar refractivity (Wildman–Crippen MR) is 107 cm³/mol. The van der Waals surface area contributed by atoms with Gasteiger partial charge in [-0.3, -0.25) is 4.79 Å². The van der Waals surface area contributed by atoms with Crippen LogP contribution in [0.25, 0.3) is 0 Å². The van der Waals surface area contributed by atoms with E-state index in [1.165, 1.54) is 12.0 Å². The normalized spacial score (nSPS) is 34.0. The Morgan fingerprint density at radius 3 is 2.59 bits per heavy atom. The number of aromatic nitrogens is 3. The molecule has 4 aliphatic rings. The molecule has 4 bridgehead atoms. The number of hydrogen-bond acceptors (Lipinski definition) is 3. The van der Waals surface area contributed by atoms with Gasteiger partial charge in [0.15, 0.2) is 0 Å². The van der Waals surface area contributed by atoms with Crippen LogP contribution in [0.15, 0.2) is 29.3 Å². The fourth-order valence-electron chi connectivity index (χ4n) is 6.43. The van der Waals surface area contributed by atoms with E-state index in [2.05, 4.69) is 57.3 Å². The van der Waals surface area contributed by atoms with Gasteiger partial charge in [-0.25, -0.2) is 9.67 Å². The standard InChI is InChI=1S/C21H25BrN4O/c1-13-3-4-17(14(2)5-13)24-18(27)20-7-15-6-16(8-20)10-21(9-15,11-20)26-12-23-19(22)25-26/h3-5,12,15-16H,6-11H2,1-2H3,(H,24,27)/t15-,16-,20?,21?/m0/s1. The second kappa shape index (κ2) is 5.90. The Hall–Kier alpha value is -1.69. The van der Waals surface area contributed by atoms with E-state index in [-0.39, 0.29) is 16.9 Å². The van der Waals surface area contributed by atoms with Crippen LogP contribution in [0.2, 0.25) is 0 Å². The Balaban J connectivity index is 1.47. The molecule has 142 valence electrons. The molecule has 5 nitrogen and oxygen atoms in total. The van der Waals surface area contributed by atoms with Crippen molar-refractivity contribution in [3.05, 3.63) is 40.4 Å². The van der Waals surface area contributed by atoms with Gasteiger partial charge in [-0.05, 0) is 91.8 Å². The van der Waals surface area contributed by atoms with Gasteiger partial charge < -0.3 is 5.32 Å². The quantitative estimate of drug-likeness (QED) is 0.777. The Labute approximate surface area is 168 Å². The van der Waals surface area contributed by atoms with Gasteiger partial charge in [-0.2, -0.15) is 0 Å². The number of benzene rings is 1. The van der Waals surface area contributed by atoms with E-state index in [0.717, 1.165) is 43.4 Å².